The van der Waals surface area contributed by atoms with Crippen LogP contribution in [0.3, 0.4) is 0 Å². The lowest BCUT2D eigenvalue weighted by Gasteiger charge is -2.33. The van der Waals surface area contributed by atoms with Crippen LogP contribution in [0, 0.1) is 5.41 Å². The molecule has 0 bridgehead atoms. The van der Waals surface area contributed by atoms with Crippen LogP contribution < -0.4 is 4.74 Å². The molecular weight excluding hydrogens is 376 g/mol. The maximum Gasteiger partial charge on any atom is 0.346 e. The van der Waals surface area contributed by atoms with E-state index in [1.165, 1.54) is 5.56 Å². The van der Waals surface area contributed by atoms with Gasteiger partial charge in [-0.25, -0.2) is 9.59 Å². The Labute approximate surface area is 176 Å². The van der Waals surface area contributed by atoms with E-state index < -0.39 is 11.9 Å². The number of cyclic esters (lactones) is 2. The van der Waals surface area contributed by atoms with Gasteiger partial charge in [-0.05, 0) is 53.1 Å². The van der Waals surface area contributed by atoms with E-state index in [1.54, 1.807) is 24.3 Å². The molecule has 0 saturated heterocycles. The number of esters is 2. The highest BCUT2D eigenvalue weighted by Crippen LogP contribution is 2.39. The number of benzene rings is 3. The average Bonchev–Trinajstić information content (AvgIpc) is 2.65. The summed E-state index contributed by atoms with van der Waals surface area (Å²) in [6, 6.07) is 16.8. The van der Waals surface area contributed by atoms with E-state index in [4.69, 9.17) is 9.47 Å². The van der Waals surface area contributed by atoms with Crippen molar-refractivity contribution >= 4 is 22.7 Å². The molecule has 1 aliphatic rings. The predicted octanol–water partition coefficient (Wildman–Crippen LogP) is 6.66. The van der Waals surface area contributed by atoms with Gasteiger partial charge >= 0.3 is 11.9 Å². The van der Waals surface area contributed by atoms with Crippen molar-refractivity contribution in [3.8, 4) is 11.5 Å². The Bertz CT molecular complexity index is 1130. The fourth-order valence-electron chi connectivity index (χ4n) is 4.53. The first-order chi connectivity index (χ1) is 14.0. The Morgan fingerprint density at radius 1 is 0.800 bits per heavy atom. The van der Waals surface area contributed by atoms with E-state index >= 15 is 0 Å². The lowest BCUT2D eigenvalue weighted by molar-refractivity contribution is 0.0391. The fourth-order valence-corrected chi connectivity index (χ4v) is 4.53. The Morgan fingerprint density at radius 2 is 1.43 bits per heavy atom. The molecule has 4 rings (SSSR count). The van der Waals surface area contributed by atoms with Crippen LogP contribution in [0.4, 0.5) is 0 Å². The summed E-state index contributed by atoms with van der Waals surface area (Å²) in [6.07, 6.45) is 1.07. The zero-order chi connectivity index (χ0) is 21.7. The van der Waals surface area contributed by atoms with Crippen molar-refractivity contribution in [1.29, 1.82) is 0 Å². The summed E-state index contributed by atoms with van der Waals surface area (Å²) in [5.41, 5.74) is 2.31. The molecule has 4 heteroatoms. The van der Waals surface area contributed by atoms with Crippen LogP contribution >= 0.6 is 0 Å². The highest BCUT2D eigenvalue weighted by atomic mass is 16.6. The van der Waals surface area contributed by atoms with Crippen LogP contribution in [-0.4, -0.2) is 11.9 Å². The minimum absolute atomic E-state index is 0.0533. The standard InChI is InChI=1S/C26H26O4/c1-25(2,3)15-26(4,5)16-9-11-17(12-10-16)29-21-14-13-20-22-18(21)7-6-8-19(22)23(27)30-24(20)28/h6-14H,15H2,1-5H3. The Morgan fingerprint density at radius 3 is 2.07 bits per heavy atom. The van der Waals surface area contributed by atoms with Crippen molar-refractivity contribution in [2.75, 3.05) is 0 Å². The number of hydrogen-bond acceptors (Lipinski definition) is 4. The van der Waals surface area contributed by atoms with Gasteiger partial charge in [0.2, 0.25) is 0 Å². The highest BCUT2D eigenvalue weighted by Gasteiger charge is 2.29. The van der Waals surface area contributed by atoms with Gasteiger partial charge in [0.05, 0.1) is 11.1 Å². The molecule has 1 aliphatic heterocycles. The van der Waals surface area contributed by atoms with Gasteiger partial charge in [0.25, 0.3) is 0 Å². The van der Waals surface area contributed by atoms with Crippen LogP contribution in [0.15, 0.2) is 54.6 Å². The second-order valence-corrected chi connectivity index (χ2v) is 9.76. The van der Waals surface area contributed by atoms with Gasteiger partial charge in [0, 0.05) is 10.8 Å². The molecule has 0 spiro atoms. The van der Waals surface area contributed by atoms with Gasteiger partial charge in [0.1, 0.15) is 11.5 Å². The van der Waals surface area contributed by atoms with Crippen molar-refractivity contribution in [2.45, 2.75) is 46.5 Å². The third-order valence-electron chi connectivity index (χ3n) is 5.46. The van der Waals surface area contributed by atoms with E-state index in [2.05, 4.69) is 46.8 Å². The first-order valence-corrected chi connectivity index (χ1v) is 10.2. The summed E-state index contributed by atoms with van der Waals surface area (Å²) >= 11 is 0. The molecule has 0 atom stereocenters. The van der Waals surface area contributed by atoms with Gasteiger partial charge < -0.3 is 9.47 Å². The minimum Gasteiger partial charge on any atom is -0.457 e. The molecule has 0 fully saturated rings. The number of carbonyl (C=O) groups excluding carboxylic acids is 2. The summed E-state index contributed by atoms with van der Waals surface area (Å²) in [5.74, 6) is 0.0527. The first kappa shape index (κ1) is 20.1. The van der Waals surface area contributed by atoms with E-state index in [9.17, 15) is 9.59 Å². The molecule has 0 amide bonds. The Balaban J connectivity index is 1.67. The van der Waals surface area contributed by atoms with Crippen molar-refractivity contribution in [3.63, 3.8) is 0 Å². The summed E-state index contributed by atoms with van der Waals surface area (Å²) < 4.78 is 11.0. The van der Waals surface area contributed by atoms with Crippen molar-refractivity contribution in [1.82, 2.24) is 0 Å². The largest absolute Gasteiger partial charge is 0.457 e. The zero-order valence-corrected chi connectivity index (χ0v) is 18.0. The normalized spacial score (nSPS) is 14.0. The molecule has 3 aromatic carbocycles. The Kier molecular flexibility index (Phi) is 4.69. The summed E-state index contributed by atoms with van der Waals surface area (Å²) in [5, 5.41) is 1.30. The smallest absolute Gasteiger partial charge is 0.346 e. The molecule has 1 heterocycles. The fraction of sp³-hybridized carbons (Fsp3) is 0.308. The number of hydrogen-bond donors (Lipinski definition) is 0. The molecule has 30 heavy (non-hydrogen) atoms. The van der Waals surface area contributed by atoms with Gasteiger partial charge in [-0.15, -0.1) is 0 Å². The van der Waals surface area contributed by atoms with Crippen molar-refractivity contribution in [3.05, 3.63) is 71.3 Å². The van der Waals surface area contributed by atoms with Crippen LogP contribution in [-0.2, 0) is 10.2 Å². The monoisotopic (exact) mass is 402 g/mol. The molecule has 0 N–H and O–H groups in total. The molecule has 0 radical (unpaired) electrons. The predicted molar refractivity (Wildman–Crippen MR) is 117 cm³/mol. The summed E-state index contributed by atoms with van der Waals surface area (Å²) in [4.78, 5) is 24.2. The lowest BCUT2D eigenvalue weighted by atomic mass is 9.72. The van der Waals surface area contributed by atoms with Crippen LogP contribution in [0.2, 0.25) is 0 Å². The minimum atomic E-state index is -0.624. The maximum atomic E-state index is 12.1. The van der Waals surface area contributed by atoms with Gasteiger partial charge in [-0.2, -0.15) is 0 Å². The summed E-state index contributed by atoms with van der Waals surface area (Å²) in [6.45, 7) is 11.3. The molecule has 0 unspecified atom stereocenters. The van der Waals surface area contributed by atoms with E-state index in [0.29, 0.717) is 33.4 Å². The van der Waals surface area contributed by atoms with E-state index in [-0.39, 0.29) is 10.8 Å². The van der Waals surface area contributed by atoms with Crippen LogP contribution in [0.1, 0.15) is 67.3 Å². The van der Waals surface area contributed by atoms with Gasteiger partial charge in [0.15, 0.2) is 0 Å². The average molecular weight is 402 g/mol. The molecule has 4 nitrogen and oxygen atoms in total. The molecule has 0 aliphatic carbocycles. The molecule has 3 aromatic rings. The zero-order valence-electron chi connectivity index (χ0n) is 18.0. The maximum absolute atomic E-state index is 12.1. The van der Waals surface area contributed by atoms with Crippen LogP contribution in [0.5, 0.6) is 11.5 Å². The number of carbonyl (C=O) groups is 2. The quantitative estimate of drug-likeness (QED) is 0.362. The third-order valence-corrected chi connectivity index (χ3v) is 5.46. The van der Waals surface area contributed by atoms with E-state index in [1.807, 2.05) is 18.2 Å². The number of rotatable bonds is 4. The van der Waals surface area contributed by atoms with Gasteiger partial charge in [-0.3, -0.25) is 0 Å². The second kappa shape index (κ2) is 6.98. The SMILES string of the molecule is CC(C)(C)CC(C)(C)c1ccc(Oc2ccc3c4c(cccc24)C(=O)OC3=O)cc1. The van der Waals surface area contributed by atoms with Gasteiger partial charge in [-0.1, -0.05) is 58.9 Å². The van der Waals surface area contributed by atoms with Crippen molar-refractivity contribution < 1.29 is 19.1 Å². The second-order valence-electron chi connectivity index (χ2n) is 9.76. The number of ether oxygens (including phenoxy) is 2. The molecule has 0 saturated carbocycles. The molecule has 0 aromatic heterocycles. The Hall–Kier alpha value is -3.14. The van der Waals surface area contributed by atoms with Crippen molar-refractivity contribution in [2.24, 2.45) is 5.41 Å². The first-order valence-electron chi connectivity index (χ1n) is 10.2. The topological polar surface area (TPSA) is 52.6 Å². The van der Waals surface area contributed by atoms with E-state index in [0.717, 1.165) is 6.42 Å². The third kappa shape index (κ3) is 3.70. The lowest BCUT2D eigenvalue weighted by Crippen LogP contribution is -2.24. The summed E-state index contributed by atoms with van der Waals surface area (Å²) in [7, 11) is 0. The highest BCUT2D eigenvalue weighted by molar-refractivity contribution is 6.21. The molecule has 154 valence electrons. The molecular formula is C26H26O4. The van der Waals surface area contributed by atoms with Crippen LogP contribution in [0.25, 0.3) is 10.8 Å².